The van der Waals surface area contributed by atoms with Gasteiger partial charge in [-0.05, 0) is 26.8 Å². The Bertz CT molecular complexity index is 348. The molecule has 0 radical (unpaired) electrons. The lowest BCUT2D eigenvalue weighted by atomic mass is 10.2. The predicted octanol–water partition coefficient (Wildman–Crippen LogP) is 2.03. The molecule has 5 nitrogen and oxygen atoms in total. The van der Waals surface area contributed by atoms with E-state index in [0.29, 0.717) is 6.17 Å². The molecule has 1 atom stereocenters. The first-order valence-corrected chi connectivity index (χ1v) is 9.55. The van der Waals surface area contributed by atoms with Crippen LogP contribution >= 0.6 is 0 Å². The van der Waals surface area contributed by atoms with Crippen molar-refractivity contribution in [2.45, 2.75) is 51.6 Å². The highest BCUT2D eigenvalue weighted by molar-refractivity contribution is 6.78. The molecule has 1 aliphatic rings. The summed E-state index contributed by atoms with van der Waals surface area (Å²) in [5, 5.41) is 0. The Labute approximate surface area is 109 Å². The highest BCUT2D eigenvalue weighted by Crippen LogP contribution is 2.28. The van der Waals surface area contributed by atoms with Crippen LogP contribution in [0.2, 0.25) is 19.1 Å². The van der Waals surface area contributed by atoms with Crippen molar-refractivity contribution in [2.24, 2.45) is 0 Å². The van der Waals surface area contributed by atoms with Gasteiger partial charge in [0.05, 0.1) is 15.2 Å². The van der Waals surface area contributed by atoms with Crippen LogP contribution in [0.3, 0.4) is 0 Å². The summed E-state index contributed by atoms with van der Waals surface area (Å²) >= 11 is 0. The zero-order valence-corrected chi connectivity index (χ0v) is 13.1. The van der Waals surface area contributed by atoms with Crippen LogP contribution in [0, 0.1) is 0 Å². The summed E-state index contributed by atoms with van der Waals surface area (Å²) in [6.07, 6.45) is 0.220. The summed E-state index contributed by atoms with van der Waals surface area (Å²) in [6, 6.07) is 0.255. The van der Waals surface area contributed by atoms with Gasteiger partial charge in [0.2, 0.25) is 0 Å². The molecule has 0 aliphatic carbocycles. The normalized spacial score (nSPS) is 22.8. The van der Waals surface area contributed by atoms with E-state index < -0.39 is 25.8 Å². The zero-order valence-electron chi connectivity index (χ0n) is 12.1. The summed E-state index contributed by atoms with van der Waals surface area (Å²) in [5.74, 6) is -0.348. The molecule has 6 heteroatoms. The Morgan fingerprint density at radius 1 is 1.28 bits per heavy atom. The van der Waals surface area contributed by atoms with Crippen LogP contribution in [0.4, 0.5) is 4.79 Å². The van der Waals surface area contributed by atoms with Crippen molar-refractivity contribution in [2.75, 3.05) is 13.3 Å². The largest absolute Gasteiger partial charge is 0.467 e. The Kier molecular flexibility index (Phi) is 4.10. The van der Waals surface area contributed by atoms with Gasteiger partial charge in [-0.25, -0.2) is 9.59 Å². The molecule has 1 saturated heterocycles. The SMILES string of the molecule is COC(=O)C1C[Si](C)(C)CN1C(=O)OC(C)(C)C. The Morgan fingerprint density at radius 3 is 2.28 bits per heavy atom. The molecule has 1 fully saturated rings. The molecule has 1 heterocycles. The maximum atomic E-state index is 12.1. The molecule has 0 aromatic heterocycles. The van der Waals surface area contributed by atoms with Gasteiger partial charge in [-0.15, -0.1) is 0 Å². The molecule has 1 rings (SSSR count). The van der Waals surface area contributed by atoms with E-state index >= 15 is 0 Å². The Balaban J connectivity index is 2.84. The number of esters is 1. The van der Waals surface area contributed by atoms with E-state index in [1.165, 1.54) is 12.0 Å². The van der Waals surface area contributed by atoms with Crippen LogP contribution < -0.4 is 0 Å². The highest BCUT2D eigenvalue weighted by atomic mass is 28.3. The molecule has 18 heavy (non-hydrogen) atoms. The number of hydrogen-bond acceptors (Lipinski definition) is 4. The molecule has 0 aromatic carbocycles. The molecule has 0 spiro atoms. The topological polar surface area (TPSA) is 55.8 Å². The van der Waals surface area contributed by atoms with Crippen LogP contribution in [-0.4, -0.2) is 50.0 Å². The number of hydrogen-bond donors (Lipinski definition) is 0. The average Bonchev–Trinajstić information content (AvgIpc) is 2.51. The predicted molar refractivity (Wildman–Crippen MR) is 71.0 cm³/mol. The summed E-state index contributed by atoms with van der Waals surface area (Å²) in [5.41, 5.74) is -0.550. The van der Waals surface area contributed by atoms with Crippen molar-refractivity contribution in [1.82, 2.24) is 4.90 Å². The van der Waals surface area contributed by atoms with Gasteiger partial charge in [-0.1, -0.05) is 13.1 Å². The number of carbonyl (C=O) groups excluding carboxylic acids is 2. The second-order valence-corrected chi connectivity index (χ2v) is 11.6. The molecule has 0 aromatic rings. The average molecular weight is 273 g/mol. The van der Waals surface area contributed by atoms with E-state index in [1.54, 1.807) is 0 Å². The van der Waals surface area contributed by atoms with Crippen molar-refractivity contribution >= 4 is 20.1 Å². The second-order valence-electron chi connectivity index (χ2n) is 6.52. The molecule has 0 N–H and O–H groups in total. The third-order valence-electron chi connectivity index (χ3n) is 2.82. The van der Waals surface area contributed by atoms with E-state index in [2.05, 4.69) is 13.1 Å². The van der Waals surface area contributed by atoms with Crippen LogP contribution in [0.1, 0.15) is 20.8 Å². The Morgan fingerprint density at radius 2 is 1.83 bits per heavy atom. The lowest BCUT2D eigenvalue weighted by Gasteiger charge is -2.27. The van der Waals surface area contributed by atoms with Gasteiger partial charge in [0.15, 0.2) is 0 Å². The minimum absolute atomic E-state index is 0.348. The van der Waals surface area contributed by atoms with Crippen molar-refractivity contribution in [3.63, 3.8) is 0 Å². The second kappa shape index (κ2) is 4.91. The molecule has 0 bridgehead atoms. The lowest BCUT2D eigenvalue weighted by molar-refractivity contribution is -0.145. The minimum Gasteiger partial charge on any atom is -0.467 e. The molecule has 0 saturated carbocycles. The molecule has 1 aliphatic heterocycles. The number of rotatable bonds is 1. The summed E-state index contributed by atoms with van der Waals surface area (Å²) < 4.78 is 10.1. The molecule has 1 unspecified atom stereocenters. The first-order chi connectivity index (χ1) is 8.06. The van der Waals surface area contributed by atoms with Gasteiger partial charge >= 0.3 is 12.1 Å². The summed E-state index contributed by atoms with van der Waals surface area (Å²) in [4.78, 5) is 25.4. The van der Waals surface area contributed by atoms with Crippen molar-refractivity contribution < 1.29 is 19.1 Å². The van der Waals surface area contributed by atoms with Crippen LogP contribution in [0.5, 0.6) is 0 Å². The van der Waals surface area contributed by atoms with E-state index in [1.807, 2.05) is 20.8 Å². The van der Waals surface area contributed by atoms with E-state index in [9.17, 15) is 9.59 Å². The fraction of sp³-hybridized carbons (Fsp3) is 0.833. The van der Waals surface area contributed by atoms with Gasteiger partial charge < -0.3 is 9.47 Å². The number of ether oxygens (including phenoxy) is 2. The minimum atomic E-state index is -1.56. The standard InChI is InChI=1S/C12H23NO4Si/c1-12(2,3)17-11(15)13-8-18(5,6)7-9(13)10(14)16-4/h9H,7-8H2,1-6H3. The van der Waals surface area contributed by atoms with Gasteiger partial charge in [0, 0.05) is 6.17 Å². The first kappa shape index (κ1) is 15.0. The van der Waals surface area contributed by atoms with E-state index in [4.69, 9.17) is 9.47 Å². The number of carbonyl (C=O) groups is 2. The molecule has 1 amide bonds. The van der Waals surface area contributed by atoms with Crippen LogP contribution in [0.25, 0.3) is 0 Å². The Hall–Kier alpha value is -1.04. The number of amides is 1. The third kappa shape index (κ3) is 3.73. The zero-order chi connectivity index (χ0) is 14.1. The van der Waals surface area contributed by atoms with Gasteiger partial charge in [-0.3, -0.25) is 4.90 Å². The maximum absolute atomic E-state index is 12.1. The van der Waals surface area contributed by atoms with E-state index in [-0.39, 0.29) is 5.97 Å². The quantitative estimate of drug-likeness (QED) is 0.542. The van der Waals surface area contributed by atoms with Crippen molar-refractivity contribution in [3.05, 3.63) is 0 Å². The van der Waals surface area contributed by atoms with Gasteiger partial charge in [0.25, 0.3) is 0 Å². The third-order valence-corrected chi connectivity index (χ3v) is 5.51. The highest BCUT2D eigenvalue weighted by Gasteiger charge is 2.46. The molecular formula is C12H23NO4Si. The van der Waals surface area contributed by atoms with Gasteiger partial charge in [0.1, 0.15) is 11.6 Å². The summed E-state index contributed by atoms with van der Waals surface area (Å²) in [7, 11) is -0.210. The fourth-order valence-electron chi connectivity index (χ4n) is 2.13. The van der Waals surface area contributed by atoms with E-state index in [0.717, 1.165) is 6.04 Å². The number of methoxy groups -OCH3 is 1. The lowest BCUT2D eigenvalue weighted by Crippen LogP contribution is -2.44. The summed E-state index contributed by atoms with van der Waals surface area (Å²) in [6.45, 7) is 9.77. The van der Waals surface area contributed by atoms with Crippen LogP contribution in [0.15, 0.2) is 0 Å². The van der Waals surface area contributed by atoms with Gasteiger partial charge in [-0.2, -0.15) is 0 Å². The van der Waals surface area contributed by atoms with Crippen molar-refractivity contribution in [1.29, 1.82) is 0 Å². The number of nitrogens with zero attached hydrogens (tertiary/aromatic N) is 1. The monoisotopic (exact) mass is 273 g/mol. The first-order valence-electron chi connectivity index (χ1n) is 6.13. The maximum Gasteiger partial charge on any atom is 0.410 e. The smallest absolute Gasteiger partial charge is 0.410 e. The van der Waals surface area contributed by atoms with Crippen LogP contribution in [-0.2, 0) is 14.3 Å². The molecular weight excluding hydrogens is 250 g/mol. The fourth-order valence-corrected chi connectivity index (χ4v) is 4.96. The van der Waals surface area contributed by atoms with Crippen molar-refractivity contribution in [3.8, 4) is 0 Å². The molecule has 104 valence electrons.